The molecule has 96 valence electrons. The van der Waals surface area contributed by atoms with Gasteiger partial charge in [-0.3, -0.25) is 4.40 Å². The summed E-state index contributed by atoms with van der Waals surface area (Å²) in [5, 5.41) is 19.6. The number of aliphatic hydroxyl groups is 2. The van der Waals surface area contributed by atoms with Gasteiger partial charge in [0.15, 0.2) is 5.82 Å². The summed E-state index contributed by atoms with van der Waals surface area (Å²) in [6, 6.07) is 5.75. The van der Waals surface area contributed by atoms with Gasteiger partial charge in [-0.05, 0) is 25.5 Å². The first-order valence-electron chi connectivity index (χ1n) is 6.15. The molecular weight excluding hydrogens is 230 g/mol. The molecule has 0 amide bonds. The average molecular weight is 247 g/mol. The number of rotatable bonds is 2. The molecule has 1 aliphatic heterocycles. The predicted molar refractivity (Wildman–Crippen MR) is 68.6 cm³/mol. The van der Waals surface area contributed by atoms with Gasteiger partial charge in [0.05, 0.1) is 17.9 Å². The molecule has 0 bridgehead atoms. The van der Waals surface area contributed by atoms with Crippen molar-refractivity contribution < 1.29 is 10.2 Å². The maximum absolute atomic E-state index is 10.0. The van der Waals surface area contributed by atoms with Gasteiger partial charge in [-0.2, -0.15) is 0 Å². The van der Waals surface area contributed by atoms with Gasteiger partial charge < -0.3 is 15.1 Å². The van der Waals surface area contributed by atoms with Crippen LogP contribution in [0.4, 0.5) is 5.82 Å². The summed E-state index contributed by atoms with van der Waals surface area (Å²) in [7, 11) is 0. The Kier molecular flexibility index (Phi) is 2.53. The van der Waals surface area contributed by atoms with E-state index in [-0.39, 0.29) is 6.61 Å². The van der Waals surface area contributed by atoms with Gasteiger partial charge in [-0.25, -0.2) is 4.98 Å². The van der Waals surface area contributed by atoms with Crippen molar-refractivity contribution in [2.24, 2.45) is 0 Å². The van der Waals surface area contributed by atoms with E-state index in [0.717, 1.165) is 30.1 Å². The van der Waals surface area contributed by atoms with Crippen LogP contribution in [0.3, 0.4) is 0 Å². The van der Waals surface area contributed by atoms with E-state index in [1.807, 2.05) is 40.6 Å². The Morgan fingerprint density at radius 2 is 2.28 bits per heavy atom. The molecule has 1 unspecified atom stereocenters. The van der Waals surface area contributed by atoms with E-state index in [1.54, 1.807) is 0 Å². The molecule has 0 saturated carbocycles. The zero-order valence-corrected chi connectivity index (χ0v) is 10.4. The van der Waals surface area contributed by atoms with Crippen LogP contribution in [0.25, 0.3) is 5.65 Å². The molecule has 1 atom stereocenters. The first-order valence-corrected chi connectivity index (χ1v) is 6.15. The van der Waals surface area contributed by atoms with Crippen molar-refractivity contribution in [2.75, 3.05) is 18.0 Å². The molecule has 1 fully saturated rings. The molecule has 2 N–H and O–H groups in total. The Labute approximate surface area is 105 Å². The number of imidazole rings is 1. The Hall–Kier alpha value is -1.59. The SMILES string of the molecule is CC1(O)CCN(c2nc3ccccn3c2CO)C1. The number of nitrogens with zero attached hydrogens (tertiary/aromatic N) is 3. The van der Waals surface area contributed by atoms with E-state index < -0.39 is 5.60 Å². The first-order chi connectivity index (χ1) is 8.61. The molecule has 18 heavy (non-hydrogen) atoms. The molecule has 0 spiro atoms. The average Bonchev–Trinajstić information content (AvgIpc) is 2.88. The van der Waals surface area contributed by atoms with Crippen molar-refractivity contribution in [3.63, 3.8) is 0 Å². The van der Waals surface area contributed by atoms with Crippen molar-refractivity contribution in [1.29, 1.82) is 0 Å². The predicted octanol–water partition coefficient (Wildman–Crippen LogP) is 0.788. The van der Waals surface area contributed by atoms with Crippen molar-refractivity contribution >= 4 is 11.5 Å². The summed E-state index contributed by atoms with van der Waals surface area (Å²) < 4.78 is 1.89. The van der Waals surface area contributed by atoms with E-state index >= 15 is 0 Å². The van der Waals surface area contributed by atoms with Crippen molar-refractivity contribution in [2.45, 2.75) is 25.6 Å². The second-order valence-electron chi connectivity index (χ2n) is 5.14. The number of β-amino-alcohol motifs (C(OH)–C–C–N with tert-alkyl or cyclic N) is 1. The van der Waals surface area contributed by atoms with Crippen LogP contribution in [0.15, 0.2) is 24.4 Å². The van der Waals surface area contributed by atoms with Crippen LogP contribution in [-0.2, 0) is 6.61 Å². The van der Waals surface area contributed by atoms with Gasteiger partial charge >= 0.3 is 0 Å². The zero-order chi connectivity index (χ0) is 12.8. The fraction of sp³-hybridized carbons (Fsp3) is 0.462. The largest absolute Gasteiger partial charge is 0.390 e. The van der Waals surface area contributed by atoms with Gasteiger partial charge in [-0.15, -0.1) is 0 Å². The Morgan fingerprint density at radius 3 is 2.94 bits per heavy atom. The molecule has 1 saturated heterocycles. The number of hydrogen-bond acceptors (Lipinski definition) is 4. The van der Waals surface area contributed by atoms with Crippen molar-refractivity contribution in [1.82, 2.24) is 9.38 Å². The lowest BCUT2D eigenvalue weighted by molar-refractivity contribution is 0.0838. The van der Waals surface area contributed by atoms with E-state index in [2.05, 4.69) is 4.98 Å². The topological polar surface area (TPSA) is 61.0 Å². The van der Waals surface area contributed by atoms with Crippen LogP contribution >= 0.6 is 0 Å². The van der Waals surface area contributed by atoms with Crippen LogP contribution in [0.5, 0.6) is 0 Å². The van der Waals surface area contributed by atoms with E-state index in [1.165, 1.54) is 0 Å². The molecule has 2 aromatic rings. The third kappa shape index (κ3) is 1.76. The van der Waals surface area contributed by atoms with Gasteiger partial charge in [0.25, 0.3) is 0 Å². The molecule has 0 radical (unpaired) electrons. The molecular formula is C13H17N3O2. The monoisotopic (exact) mass is 247 g/mol. The highest BCUT2D eigenvalue weighted by atomic mass is 16.3. The summed E-state index contributed by atoms with van der Waals surface area (Å²) in [4.78, 5) is 6.59. The maximum Gasteiger partial charge on any atom is 0.153 e. The molecule has 0 aliphatic carbocycles. The third-order valence-corrected chi connectivity index (χ3v) is 3.51. The number of pyridine rings is 1. The molecule has 3 heterocycles. The van der Waals surface area contributed by atoms with E-state index in [9.17, 15) is 10.2 Å². The van der Waals surface area contributed by atoms with Crippen LogP contribution in [0.2, 0.25) is 0 Å². The molecule has 5 nitrogen and oxygen atoms in total. The minimum Gasteiger partial charge on any atom is -0.390 e. The summed E-state index contributed by atoms with van der Waals surface area (Å²) in [5.41, 5.74) is 0.939. The molecule has 0 aromatic carbocycles. The Balaban J connectivity index is 2.07. The molecule has 2 aromatic heterocycles. The van der Waals surface area contributed by atoms with Crippen LogP contribution in [-0.4, -0.2) is 38.3 Å². The number of fused-ring (bicyclic) bond motifs is 1. The van der Waals surface area contributed by atoms with Gasteiger partial charge in [0, 0.05) is 19.3 Å². The Bertz CT molecular complexity index is 577. The lowest BCUT2D eigenvalue weighted by atomic mass is 10.1. The standard InChI is InChI=1S/C13H17N3O2/c1-13(18)5-7-15(9-13)12-10(8-17)16-6-3-2-4-11(16)14-12/h2-4,6,17-18H,5,7-9H2,1H3. The summed E-state index contributed by atoms with van der Waals surface area (Å²) in [6.45, 7) is 3.11. The summed E-state index contributed by atoms with van der Waals surface area (Å²) in [5.74, 6) is 0.779. The number of anilines is 1. The number of hydrogen-bond donors (Lipinski definition) is 2. The highest BCUT2D eigenvalue weighted by Gasteiger charge is 2.33. The molecule has 3 rings (SSSR count). The minimum atomic E-state index is -0.664. The normalized spacial score (nSPS) is 24.1. The first kappa shape index (κ1) is 11.5. The van der Waals surface area contributed by atoms with Crippen molar-refractivity contribution in [3.8, 4) is 0 Å². The van der Waals surface area contributed by atoms with E-state index in [4.69, 9.17) is 0 Å². The Morgan fingerprint density at radius 1 is 1.44 bits per heavy atom. The van der Waals surface area contributed by atoms with E-state index in [0.29, 0.717) is 6.54 Å². The molecule has 1 aliphatic rings. The fourth-order valence-electron chi connectivity index (χ4n) is 2.56. The number of aliphatic hydroxyl groups excluding tert-OH is 1. The van der Waals surface area contributed by atoms with Crippen LogP contribution in [0.1, 0.15) is 19.0 Å². The third-order valence-electron chi connectivity index (χ3n) is 3.51. The van der Waals surface area contributed by atoms with Gasteiger partial charge in [-0.1, -0.05) is 6.07 Å². The smallest absolute Gasteiger partial charge is 0.153 e. The quantitative estimate of drug-likeness (QED) is 0.823. The second kappa shape index (κ2) is 3.96. The fourth-order valence-corrected chi connectivity index (χ4v) is 2.56. The highest BCUT2D eigenvalue weighted by molar-refractivity contribution is 5.56. The maximum atomic E-state index is 10.0. The highest BCUT2D eigenvalue weighted by Crippen LogP contribution is 2.29. The van der Waals surface area contributed by atoms with Gasteiger partial charge in [0.2, 0.25) is 0 Å². The molecule has 5 heteroatoms. The summed E-state index contributed by atoms with van der Waals surface area (Å²) in [6.07, 6.45) is 2.62. The zero-order valence-electron chi connectivity index (χ0n) is 10.4. The number of aromatic nitrogens is 2. The van der Waals surface area contributed by atoms with Crippen molar-refractivity contribution in [3.05, 3.63) is 30.1 Å². The van der Waals surface area contributed by atoms with Gasteiger partial charge in [0.1, 0.15) is 5.65 Å². The van der Waals surface area contributed by atoms with Crippen LogP contribution in [0, 0.1) is 0 Å². The lowest BCUT2D eigenvalue weighted by Gasteiger charge is -2.19. The second-order valence-corrected chi connectivity index (χ2v) is 5.14. The summed E-state index contributed by atoms with van der Waals surface area (Å²) >= 11 is 0. The minimum absolute atomic E-state index is 0.0564. The van der Waals surface area contributed by atoms with Crippen LogP contribution < -0.4 is 4.90 Å². The lowest BCUT2D eigenvalue weighted by Crippen LogP contribution is -2.30.